The van der Waals surface area contributed by atoms with E-state index in [2.05, 4.69) is 18.7 Å². The summed E-state index contributed by atoms with van der Waals surface area (Å²) in [5.41, 5.74) is 0. The molecule has 0 N–H and O–H groups in total. The first-order valence-electron chi connectivity index (χ1n) is 2.79. The molecule has 2 atom stereocenters. The van der Waals surface area contributed by atoms with E-state index in [-0.39, 0.29) is 5.38 Å². The smallest absolute Gasteiger partial charge is 0.0516 e. The van der Waals surface area contributed by atoms with Gasteiger partial charge in [-0.2, -0.15) is 12.6 Å². The highest BCUT2D eigenvalue weighted by Crippen LogP contribution is 2.19. The molecule has 0 saturated heterocycles. The molecule has 0 fully saturated rings. The molecule has 0 nitrogen and oxygen atoms in total. The first kappa shape index (κ1) is 6.50. The number of rotatable bonds is 0. The van der Waals surface area contributed by atoms with Gasteiger partial charge in [-0.15, -0.1) is 11.6 Å². The predicted molar refractivity (Wildman–Crippen MR) is 40.8 cm³/mol. The Morgan fingerprint density at radius 3 is 2.50 bits per heavy atom. The van der Waals surface area contributed by atoms with E-state index in [1.54, 1.807) is 0 Å². The van der Waals surface area contributed by atoms with Gasteiger partial charge in [-0.1, -0.05) is 12.2 Å². The third kappa shape index (κ3) is 1.71. The molecule has 0 bridgehead atoms. The lowest BCUT2D eigenvalue weighted by Gasteiger charge is -2.13. The van der Waals surface area contributed by atoms with Crippen LogP contribution in [0.4, 0.5) is 0 Å². The van der Waals surface area contributed by atoms with Crippen LogP contribution in [0.1, 0.15) is 12.8 Å². The van der Waals surface area contributed by atoms with Crippen molar-refractivity contribution in [1.82, 2.24) is 0 Å². The van der Waals surface area contributed by atoms with Gasteiger partial charge in [-0.05, 0) is 12.8 Å². The number of halogens is 1. The molecule has 1 aliphatic carbocycles. The summed E-state index contributed by atoms with van der Waals surface area (Å²) < 4.78 is 0. The highest BCUT2D eigenvalue weighted by molar-refractivity contribution is 7.81. The molecule has 0 aromatic rings. The maximum Gasteiger partial charge on any atom is 0.0516 e. The summed E-state index contributed by atoms with van der Waals surface area (Å²) in [4.78, 5) is 0. The third-order valence-electron chi connectivity index (χ3n) is 1.28. The Labute approximate surface area is 60.3 Å². The van der Waals surface area contributed by atoms with Gasteiger partial charge >= 0.3 is 0 Å². The first-order valence-corrected chi connectivity index (χ1v) is 3.75. The topological polar surface area (TPSA) is 0 Å². The van der Waals surface area contributed by atoms with Crippen molar-refractivity contribution < 1.29 is 0 Å². The first-order chi connectivity index (χ1) is 3.79. The Morgan fingerprint density at radius 1 is 1.38 bits per heavy atom. The number of thiol groups is 1. The molecule has 0 spiro atoms. The van der Waals surface area contributed by atoms with Crippen molar-refractivity contribution in [1.29, 1.82) is 0 Å². The second kappa shape index (κ2) is 2.79. The highest BCUT2D eigenvalue weighted by Gasteiger charge is 2.08. The van der Waals surface area contributed by atoms with Crippen LogP contribution in [0.5, 0.6) is 0 Å². The van der Waals surface area contributed by atoms with Crippen molar-refractivity contribution >= 4 is 24.2 Å². The Balaban J connectivity index is 2.42. The predicted octanol–water partition coefficient (Wildman–Crippen LogP) is 2.24. The summed E-state index contributed by atoms with van der Waals surface area (Å²) in [6.07, 6.45) is 6.27. The van der Waals surface area contributed by atoms with Crippen molar-refractivity contribution in [3.05, 3.63) is 12.2 Å². The van der Waals surface area contributed by atoms with Crippen LogP contribution in [-0.4, -0.2) is 10.6 Å². The van der Waals surface area contributed by atoms with Crippen LogP contribution >= 0.6 is 24.2 Å². The second-order valence-electron chi connectivity index (χ2n) is 2.05. The number of hydrogen-bond donors (Lipinski definition) is 1. The van der Waals surface area contributed by atoms with E-state index in [1.165, 1.54) is 0 Å². The average Bonchev–Trinajstić information content (AvgIpc) is 1.77. The van der Waals surface area contributed by atoms with E-state index in [0.29, 0.717) is 5.25 Å². The third-order valence-corrected chi connectivity index (χ3v) is 2.07. The van der Waals surface area contributed by atoms with Gasteiger partial charge < -0.3 is 0 Å². The molecule has 0 radical (unpaired) electrons. The van der Waals surface area contributed by atoms with Gasteiger partial charge in [0, 0.05) is 5.25 Å². The van der Waals surface area contributed by atoms with Crippen LogP contribution in [0, 0.1) is 0 Å². The lowest BCUT2D eigenvalue weighted by atomic mass is 10.1. The summed E-state index contributed by atoms with van der Waals surface area (Å²) in [6.45, 7) is 0. The van der Waals surface area contributed by atoms with Gasteiger partial charge in [0.15, 0.2) is 0 Å². The molecule has 8 heavy (non-hydrogen) atoms. The SMILES string of the molecule is SC1C=CC(Cl)CC1. The lowest BCUT2D eigenvalue weighted by Crippen LogP contribution is -2.06. The highest BCUT2D eigenvalue weighted by atomic mass is 35.5. The molecule has 0 saturated carbocycles. The number of alkyl halides is 1. The Bertz CT molecular complexity index is 88.7. The van der Waals surface area contributed by atoms with Gasteiger partial charge in [0.05, 0.1) is 5.38 Å². The standard InChI is InChI=1S/C6H9ClS/c7-5-1-3-6(8)4-2-5/h1,3,5-6,8H,2,4H2. The minimum Gasteiger partial charge on any atom is -0.172 e. The van der Waals surface area contributed by atoms with Gasteiger partial charge in [0.2, 0.25) is 0 Å². The van der Waals surface area contributed by atoms with Gasteiger partial charge in [-0.3, -0.25) is 0 Å². The lowest BCUT2D eigenvalue weighted by molar-refractivity contribution is 0.749. The maximum atomic E-state index is 5.76. The molecule has 0 aromatic heterocycles. The van der Waals surface area contributed by atoms with E-state index in [0.717, 1.165) is 12.8 Å². The molecule has 1 aliphatic rings. The molecule has 2 heteroatoms. The zero-order valence-corrected chi connectivity index (χ0v) is 6.20. The van der Waals surface area contributed by atoms with Crippen molar-refractivity contribution in [2.75, 3.05) is 0 Å². The molecular formula is C6H9ClS. The molecule has 0 aromatic carbocycles. The van der Waals surface area contributed by atoms with E-state index < -0.39 is 0 Å². The molecule has 46 valence electrons. The Kier molecular flexibility index (Phi) is 2.27. The molecule has 0 heterocycles. The van der Waals surface area contributed by atoms with E-state index in [4.69, 9.17) is 11.6 Å². The minimum atomic E-state index is 0.262. The van der Waals surface area contributed by atoms with Gasteiger partial charge in [-0.25, -0.2) is 0 Å². The van der Waals surface area contributed by atoms with E-state index in [1.807, 2.05) is 6.08 Å². The molecular weight excluding hydrogens is 140 g/mol. The zero-order chi connectivity index (χ0) is 5.98. The summed E-state index contributed by atoms with van der Waals surface area (Å²) in [5.74, 6) is 0. The van der Waals surface area contributed by atoms with Crippen LogP contribution in [0.2, 0.25) is 0 Å². The summed E-state index contributed by atoms with van der Waals surface area (Å²) in [5, 5.41) is 0.711. The van der Waals surface area contributed by atoms with Gasteiger partial charge in [0.1, 0.15) is 0 Å². The molecule has 0 amide bonds. The summed E-state index contributed by atoms with van der Waals surface area (Å²) >= 11 is 10.0. The minimum absolute atomic E-state index is 0.262. The van der Waals surface area contributed by atoms with Gasteiger partial charge in [0.25, 0.3) is 0 Å². The van der Waals surface area contributed by atoms with Crippen LogP contribution in [0.15, 0.2) is 12.2 Å². The van der Waals surface area contributed by atoms with Crippen LogP contribution in [0.25, 0.3) is 0 Å². The monoisotopic (exact) mass is 148 g/mol. The van der Waals surface area contributed by atoms with Crippen molar-refractivity contribution in [2.45, 2.75) is 23.5 Å². The normalized spacial score (nSPS) is 37.8. The summed E-state index contributed by atoms with van der Waals surface area (Å²) in [6, 6.07) is 0. The summed E-state index contributed by atoms with van der Waals surface area (Å²) in [7, 11) is 0. The molecule has 2 unspecified atom stereocenters. The Morgan fingerprint density at radius 2 is 2.12 bits per heavy atom. The van der Waals surface area contributed by atoms with E-state index in [9.17, 15) is 0 Å². The van der Waals surface area contributed by atoms with Crippen LogP contribution in [0.3, 0.4) is 0 Å². The Hall–Kier alpha value is 0.380. The molecule has 1 rings (SSSR count). The van der Waals surface area contributed by atoms with Crippen LogP contribution in [-0.2, 0) is 0 Å². The fraction of sp³-hybridized carbons (Fsp3) is 0.667. The fourth-order valence-electron chi connectivity index (χ4n) is 0.771. The van der Waals surface area contributed by atoms with Crippen molar-refractivity contribution in [3.8, 4) is 0 Å². The quantitative estimate of drug-likeness (QED) is 0.304. The number of allylic oxidation sites excluding steroid dienone is 1. The average molecular weight is 149 g/mol. The maximum absolute atomic E-state index is 5.76. The number of hydrogen-bond acceptors (Lipinski definition) is 1. The fourth-order valence-corrected chi connectivity index (χ4v) is 1.23. The van der Waals surface area contributed by atoms with Crippen LogP contribution < -0.4 is 0 Å². The second-order valence-corrected chi connectivity index (χ2v) is 3.27. The zero-order valence-electron chi connectivity index (χ0n) is 4.55. The van der Waals surface area contributed by atoms with E-state index >= 15 is 0 Å². The molecule has 0 aliphatic heterocycles. The van der Waals surface area contributed by atoms with Crippen molar-refractivity contribution in [3.63, 3.8) is 0 Å². The van der Waals surface area contributed by atoms with Crippen molar-refractivity contribution in [2.24, 2.45) is 0 Å². The largest absolute Gasteiger partial charge is 0.172 e.